The SMILES string of the molecule is COCC(C)NS(=O)(=O)c1ccc(Cl)c(CO)c1. The van der Waals surface area contributed by atoms with Crippen LogP contribution in [0.1, 0.15) is 12.5 Å². The number of sulfonamides is 1. The van der Waals surface area contributed by atoms with Gasteiger partial charge in [0.1, 0.15) is 0 Å². The quantitative estimate of drug-likeness (QED) is 0.825. The Kier molecular flexibility index (Phi) is 5.55. The summed E-state index contributed by atoms with van der Waals surface area (Å²) in [7, 11) is -2.13. The van der Waals surface area contributed by atoms with E-state index in [0.29, 0.717) is 10.6 Å². The van der Waals surface area contributed by atoms with Crippen LogP contribution in [0.5, 0.6) is 0 Å². The molecule has 7 heteroatoms. The van der Waals surface area contributed by atoms with Crippen LogP contribution in [0.2, 0.25) is 5.02 Å². The number of aliphatic hydroxyl groups is 1. The Labute approximate surface area is 112 Å². The zero-order chi connectivity index (χ0) is 13.8. The van der Waals surface area contributed by atoms with E-state index in [0.717, 1.165) is 0 Å². The van der Waals surface area contributed by atoms with Crippen LogP contribution in [-0.2, 0) is 21.4 Å². The van der Waals surface area contributed by atoms with Gasteiger partial charge in [-0.05, 0) is 30.7 Å². The minimum Gasteiger partial charge on any atom is -0.392 e. The molecule has 0 aliphatic heterocycles. The number of halogens is 1. The molecule has 0 aliphatic rings. The number of hydrogen-bond acceptors (Lipinski definition) is 4. The van der Waals surface area contributed by atoms with Gasteiger partial charge in [0.25, 0.3) is 0 Å². The predicted octanol–water partition coefficient (Wildman–Crippen LogP) is 1.15. The minimum atomic E-state index is -3.63. The van der Waals surface area contributed by atoms with Crippen molar-refractivity contribution < 1.29 is 18.3 Å². The predicted molar refractivity (Wildman–Crippen MR) is 69.0 cm³/mol. The van der Waals surface area contributed by atoms with E-state index in [1.807, 2.05) is 0 Å². The van der Waals surface area contributed by atoms with E-state index in [2.05, 4.69) is 4.72 Å². The van der Waals surface area contributed by atoms with Crippen LogP contribution in [0, 0.1) is 0 Å². The van der Waals surface area contributed by atoms with E-state index >= 15 is 0 Å². The Morgan fingerprint density at radius 3 is 2.72 bits per heavy atom. The Balaban J connectivity index is 2.98. The first kappa shape index (κ1) is 15.4. The molecule has 0 heterocycles. The summed E-state index contributed by atoms with van der Waals surface area (Å²) in [4.78, 5) is 0.0684. The van der Waals surface area contributed by atoms with E-state index in [9.17, 15) is 8.42 Å². The highest BCUT2D eigenvalue weighted by Crippen LogP contribution is 2.20. The van der Waals surface area contributed by atoms with Crippen LogP contribution in [0.25, 0.3) is 0 Å². The smallest absolute Gasteiger partial charge is 0.240 e. The van der Waals surface area contributed by atoms with Gasteiger partial charge in [-0.25, -0.2) is 13.1 Å². The van der Waals surface area contributed by atoms with E-state index in [-0.39, 0.29) is 24.2 Å². The zero-order valence-corrected chi connectivity index (χ0v) is 11.8. The van der Waals surface area contributed by atoms with E-state index < -0.39 is 10.0 Å². The first-order chi connectivity index (χ1) is 8.40. The van der Waals surface area contributed by atoms with E-state index in [1.54, 1.807) is 6.92 Å². The van der Waals surface area contributed by atoms with Gasteiger partial charge >= 0.3 is 0 Å². The largest absolute Gasteiger partial charge is 0.392 e. The molecule has 0 saturated heterocycles. The summed E-state index contributed by atoms with van der Waals surface area (Å²) >= 11 is 5.81. The standard InChI is InChI=1S/C11H16ClNO4S/c1-8(7-17-2)13-18(15,16)10-3-4-11(12)9(5-10)6-14/h3-5,8,13-14H,6-7H2,1-2H3. The van der Waals surface area contributed by atoms with Crippen molar-refractivity contribution in [3.05, 3.63) is 28.8 Å². The van der Waals surface area contributed by atoms with Crippen LogP contribution < -0.4 is 4.72 Å². The number of aliphatic hydroxyl groups excluding tert-OH is 1. The Bertz CT molecular complexity index is 504. The molecule has 0 spiro atoms. The molecule has 1 rings (SSSR count). The van der Waals surface area contributed by atoms with Crippen molar-refractivity contribution >= 4 is 21.6 Å². The second-order valence-electron chi connectivity index (χ2n) is 3.89. The minimum absolute atomic E-state index is 0.0684. The zero-order valence-electron chi connectivity index (χ0n) is 10.2. The first-order valence-electron chi connectivity index (χ1n) is 5.31. The van der Waals surface area contributed by atoms with Gasteiger partial charge in [0, 0.05) is 18.2 Å². The third-order valence-electron chi connectivity index (χ3n) is 2.27. The molecule has 2 N–H and O–H groups in total. The fourth-order valence-electron chi connectivity index (χ4n) is 1.46. The number of nitrogens with one attached hydrogen (secondary N) is 1. The summed E-state index contributed by atoms with van der Waals surface area (Å²) in [5.74, 6) is 0. The molecule has 0 aliphatic carbocycles. The van der Waals surface area contributed by atoms with E-state index in [1.165, 1.54) is 25.3 Å². The molecule has 0 bridgehead atoms. The van der Waals surface area contributed by atoms with Crippen molar-refractivity contribution in [3.8, 4) is 0 Å². The van der Waals surface area contributed by atoms with Crippen molar-refractivity contribution in [3.63, 3.8) is 0 Å². The maximum atomic E-state index is 12.0. The van der Waals surface area contributed by atoms with Crippen molar-refractivity contribution in [2.75, 3.05) is 13.7 Å². The number of benzene rings is 1. The lowest BCUT2D eigenvalue weighted by molar-refractivity contribution is 0.180. The number of ether oxygens (including phenoxy) is 1. The highest BCUT2D eigenvalue weighted by molar-refractivity contribution is 7.89. The molecule has 18 heavy (non-hydrogen) atoms. The second kappa shape index (κ2) is 6.49. The van der Waals surface area contributed by atoms with Gasteiger partial charge in [0.05, 0.1) is 18.1 Å². The highest BCUT2D eigenvalue weighted by atomic mass is 35.5. The molecule has 0 fully saturated rings. The molecule has 5 nitrogen and oxygen atoms in total. The van der Waals surface area contributed by atoms with Crippen LogP contribution in [0.15, 0.2) is 23.1 Å². The summed E-state index contributed by atoms with van der Waals surface area (Å²) in [6, 6.07) is 3.85. The van der Waals surface area contributed by atoms with Crippen molar-refractivity contribution in [1.29, 1.82) is 0 Å². The van der Waals surface area contributed by atoms with Crippen molar-refractivity contribution in [1.82, 2.24) is 4.72 Å². The average Bonchev–Trinajstić information content (AvgIpc) is 2.28. The Morgan fingerprint density at radius 1 is 1.50 bits per heavy atom. The van der Waals surface area contributed by atoms with Crippen LogP contribution in [-0.4, -0.2) is 33.3 Å². The lowest BCUT2D eigenvalue weighted by atomic mass is 10.2. The summed E-state index contributed by atoms with van der Waals surface area (Å²) < 4.78 is 31.3. The van der Waals surface area contributed by atoms with Crippen LogP contribution in [0.3, 0.4) is 0 Å². The summed E-state index contributed by atoms with van der Waals surface area (Å²) in [6.45, 7) is 1.67. The van der Waals surface area contributed by atoms with Crippen LogP contribution >= 0.6 is 11.6 Å². The number of methoxy groups -OCH3 is 1. The van der Waals surface area contributed by atoms with Gasteiger partial charge in [-0.2, -0.15) is 0 Å². The first-order valence-corrected chi connectivity index (χ1v) is 7.17. The maximum Gasteiger partial charge on any atom is 0.240 e. The molecule has 0 saturated carbocycles. The van der Waals surface area contributed by atoms with Crippen LogP contribution in [0.4, 0.5) is 0 Å². The molecule has 0 aromatic heterocycles. The number of rotatable bonds is 6. The third-order valence-corrected chi connectivity index (χ3v) is 4.23. The molecule has 0 amide bonds. The maximum absolute atomic E-state index is 12.0. The van der Waals surface area contributed by atoms with Crippen molar-refractivity contribution in [2.45, 2.75) is 24.5 Å². The fourth-order valence-corrected chi connectivity index (χ4v) is 2.91. The van der Waals surface area contributed by atoms with Gasteiger partial charge in [-0.15, -0.1) is 0 Å². The summed E-state index contributed by atoms with van der Waals surface area (Å²) in [5, 5.41) is 9.39. The fraction of sp³-hybridized carbons (Fsp3) is 0.455. The van der Waals surface area contributed by atoms with Gasteiger partial charge in [0.15, 0.2) is 0 Å². The topological polar surface area (TPSA) is 75.6 Å². The van der Waals surface area contributed by atoms with Gasteiger partial charge in [0.2, 0.25) is 10.0 Å². The Morgan fingerprint density at radius 2 is 2.17 bits per heavy atom. The Hall–Kier alpha value is -0.660. The molecule has 1 unspecified atom stereocenters. The molecule has 1 atom stereocenters. The molecule has 1 aromatic rings. The monoisotopic (exact) mass is 293 g/mol. The molecule has 1 aromatic carbocycles. The molecule has 102 valence electrons. The summed E-state index contributed by atoms with van der Waals surface area (Å²) in [6.07, 6.45) is 0. The lowest BCUT2D eigenvalue weighted by Crippen LogP contribution is -2.35. The van der Waals surface area contributed by atoms with Gasteiger partial charge < -0.3 is 9.84 Å². The van der Waals surface area contributed by atoms with Crippen molar-refractivity contribution in [2.24, 2.45) is 0 Å². The highest BCUT2D eigenvalue weighted by Gasteiger charge is 2.18. The third kappa shape index (κ3) is 3.93. The average molecular weight is 294 g/mol. The number of hydrogen-bond donors (Lipinski definition) is 2. The summed E-state index contributed by atoms with van der Waals surface area (Å²) in [5.41, 5.74) is 0.374. The lowest BCUT2D eigenvalue weighted by Gasteiger charge is -2.14. The second-order valence-corrected chi connectivity index (χ2v) is 6.01. The van der Waals surface area contributed by atoms with E-state index in [4.69, 9.17) is 21.4 Å². The molecular weight excluding hydrogens is 278 g/mol. The molecule has 0 radical (unpaired) electrons. The normalized spacial score (nSPS) is 13.6. The molecular formula is C11H16ClNO4S. The van der Waals surface area contributed by atoms with Gasteiger partial charge in [-0.3, -0.25) is 0 Å². The van der Waals surface area contributed by atoms with Gasteiger partial charge in [-0.1, -0.05) is 11.6 Å².